The summed E-state index contributed by atoms with van der Waals surface area (Å²) in [7, 11) is 0. The highest BCUT2D eigenvalue weighted by atomic mass is 16.2. The van der Waals surface area contributed by atoms with Crippen LogP contribution < -0.4 is 0 Å². The van der Waals surface area contributed by atoms with Crippen LogP contribution in [-0.2, 0) is 6.42 Å². The molecule has 0 aliphatic heterocycles. The number of nitriles is 1. The number of rotatable bonds is 5. The minimum atomic E-state index is 0.178. The summed E-state index contributed by atoms with van der Waals surface area (Å²) >= 11 is 0. The van der Waals surface area contributed by atoms with Gasteiger partial charge < -0.3 is 5.11 Å². The van der Waals surface area contributed by atoms with E-state index in [1.807, 2.05) is 12.3 Å². The molecule has 2 rings (SSSR count). The third kappa shape index (κ3) is 3.03. The zero-order valence-electron chi connectivity index (χ0n) is 11.7. The predicted molar refractivity (Wildman–Crippen MR) is 75.6 cm³/mol. The Labute approximate surface area is 118 Å². The van der Waals surface area contributed by atoms with Crippen LogP contribution in [0.5, 0.6) is 0 Å². The van der Waals surface area contributed by atoms with Crippen LogP contribution in [0.3, 0.4) is 0 Å². The molecule has 2 aromatic rings. The van der Waals surface area contributed by atoms with Crippen molar-refractivity contribution in [3.63, 3.8) is 0 Å². The molecule has 2 heterocycles. The van der Waals surface area contributed by atoms with E-state index in [1.165, 1.54) is 0 Å². The van der Waals surface area contributed by atoms with E-state index in [2.05, 4.69) is 23.9 Å². The molecule has 0 aliphatic rings. The van der Waals surface area contributed by atoms with Crippen LogP contribution in [0.25, 0.3) is 5.82 Å². The summed E-state index contributed by atoms with van der Waals surface area (Å²) in [5, 5.41) is 22.3. The van der Waals surface area contributed by atoms with Crippen LogP contribution in [-0.4, -0.2) is 26.5 Å². The summed E-state index contributed by atoms with van der Waals surface area (Å²) in [6.45, 7) is 4.38. The molecule has 0 saturated heterocycles. The molecule has 20 heavy (non-hydrogen) atoms. The van der Waals surface area contributed by atoms with E-state index >= 15 is 0 Å². The Morgan fingerprint density at radius 1 is 1.40 bits per heavy atom. The number of aromatic nitrogens is 3. The average Bonchev–Trinajstić information content (AvgIpc) is 2.89. The van der Waals surface area contributed by atoms with Gasteiger partial charge >= 0.3 is 0 Å². The Bertz CT molecular complexity index is 608. The van der Waals surface area contributed by atoms with Gasteiger partial charge in [0, 0.05) is 19.0 Å². The van der Waals surface area contributed by atoms with Crippen LogP contribution in [0.4, 0.5) is 0 Å². The molecule has 0 spiro atoms. The van der Waals surface area contributed by atoms with Gasteiger partial charge in [-0.15, -0.1) is 0 Å². The third-order valence-corrected chi connectivity index (χ3v) is 3.09. The molecule has 0 unspecified atom stereocenters. The van der Waals surface area contributed by atoms with Crippen molar-refractivity contribution in [3.8, 4) is 11.9 Å². The molecule has 0 amide bonds. The Morgan fingerprint density at radius 3 is 2.75 bits per heavy atom. The second kappa shape index (κ2) is 6.31. The first-order valence-corrected chi connectivity index (χ1v) is 6.71. The molecule has 0 bridgehead atoms. The van der Waals surface area contributed by atoms with Crippen molar-refractivity contribution in [3.05, 3.63) is 41.3 Å². The van der Waals surface area contributed by atoms with Gasteiger partial charge in [-0.3, -0.25) is 0 Å². The van der Waals surface area contributed by atoms with Crippen LogP contribution in [0.15, 0.2) is 24.5 Å². The number of aryl methyl sites for hydroxylation is 1. The first kappa shape index (κ1) is 14.2. The van der Waals surface area contributed by atoms with Crippen molar-refractivity contribution in [2.45, 2.75) is 32.6 Å². The molecule has 0 atom stereocenters. The molecule has 0 aliphatic carbocycles. The standard InChI is InChI=1S/C15H18N4O/c1-11(2)15-13(4-3-7-20)10-19(18-15)14-6-5-12(8-16)9-17-14/h5-6,9-11,20H,3-4,7H2,1-2H3. The smallest absolute Gasteiger partial charge is 0.153 e. The van der Waals surface area contributed by atoms with E-state index < -0.39 is 0 Å². The molecule has 104 valence electrons. The van der Waals surface area contributed by atoms with Crippen molar-refractivity contribution in [2.75, 3.05) is 6.61 Å². The van der Waals surface area contributed by atoms with E-state index in [-0.39, 0.29) is 6.61 Å². The maximum atomic E-state index is 8.97. The van der Waals surface area contributed by atoms with Gasteiger partial charge in [-0.1, -0.05) is 13.8 Å². The maximum Gasteiger partial charge on any atom is 0.153 e. The zero-order chi connectivity index (χ0) is 14.5. The van der Waals surface area contributed by atoms with Gasteiger partial charge in [-0.05, 0) is 36.5 Å². The summed E-state index contributed by atoms with van der Waals surface area (Å²) in [5.41, 5.74) is 2.70. The molecule has 1 N–H and O–H groups in total. The fourth-order valence-corrected chi connectivity index (χ4v) is 2.08. The highest BCUT2D eigenvalue weighted by molar-refractivity contribution is 5.33. The Kier molecular flexibility index (Phi) is 4.49. The summed E-state index contributed by atoms with van der Waals surface area (Å²) in [6.07, 6.45) is 5.03. The van der Waals surface area contributed by atoms with Gasteiger partial charge in [-0.25, -0.2) is 9.67 Å². The van der Waals surface area contributed by atoms with E-state index in [0.29, 0.717) is 17.3 Å². The first-order chi connectivity index (χ1) is 9.65. The highest BCUT2D eigenvalue weighted by Crippen LogP contribution is 2.20. The Hall–Kier alpha value is -2.19. The minimum absolute atomic E-state index is 0.178. The number of pyridine rings is 1. The quantitative estimate of drug-likeness (QED) is 0.903. The number of hydrogen-bond acceptors (Lipinski definition) is 4. The molecular weight excluding hydrogens is 252 g/mol. The lowest BCUT2D eigenvalue weighted by molar-refractivity contribution is 0.288. The Balaban J connectivity index is 2.34. The fraction of sp³-hybridized carbons (Fsp3) is 0.400. The maximum absolute atomic E-state index is 8.97. The second-order valence-corrected chi connectivity index (χ2v) is 4.98. The van der Waals surface area contributed by atoms with Gasteiger partial charge in [0.1, 0.15) is 6.07 Å². The van der Waals surface area contributed by atoms with Crippen LogP contribution >= 0.6 is 0 Å². The largest absolute Gasteiger partial charge is 0.396 e. The lowest BCUT2D eigenvalue weighted by Crippen LogP contribution is -2.00. The van der Waals surface area contributed by atoms with E-state index in [4.69, 9.17) is 10.4 Å². The number of aliphatic hydroxyl groups is 1. The number of nitrogens with zero attached hydrogens (tertiary/aromatic N) is 4. The third-order valence-electron chi connectivity index (χ3n) is 3.09. The molecule has 0 aromatic carbocycles. The number of aliphatic hydroxyl groups excluding tert-OH is 1. The lowest BCUT2D eigenvalue weighted by Gasteiger charge is -2.03. The van der Waals surface area contributed by atoms with Crippen molar-refractivity contribution in [1.29, 1.82) is 5.26 Å². The summed E-state index contributed by atoms with van der Waals surface area (Å²) in [4.78, 5) is 4.24. The first-order valence-electron chi connectivity index (χ1n) is 6.71. The van der Waals surface area contributed by atoms with Gasteiger partial charge in [0.15, 0.2) is 5.82 Å². The van der Waals surface area contributed by atoms with Crippen molar-refractivity contribution in [1.82, 2.24) is 14.8 Å². The molecule has 0 saturated carbocycles. The van der Waals surface area contributed by atoms with Crippen LogP contribution in [0.2, 0.25) is 0 Å². The van der Waals surface area contributed by atoms with Crippen molar-refractivity contribution >= 4 is 0 Å². The second-order valence-electron chi connectivity index (χ2n) is 4.98. The predicted octanol–water partition coefficient (Wildman–Crippen LogP) is 2.19. The highest BCUT2D eigenvalue weighted by Gasteiger charge is 2.13. The zero-order valence-corrected chi connectivity index (χ0v) is 11.7. The Morgan fingerprint density at radius 2 is 2.20 bits per heavy atom. The SMILES string of the molecule is CC(C)c1nn(-c2ccc(C#N)cn2)cc1CCCO. The minimum Gasteiger partial charge on any atom is -0.396 e. The lowest BCUT2D eigenvalue weighted by atomic mass is 10.0. The van der Waals surface area contributed by atoms with Crippen molar-refractivity contribution in [2.24, 2.45) is 0 Å². The normalized spacial score (nSPS) is 10.8. The average molecular weight is 270 g/mol. The fourth-order valence-electron chi connectivity index (χ4n) is 2.08. The van der Waals surface area contributed by atoms with Gasteiger partial charge in [-0.2, -0.15) is 10.4 Å². The van der Waals surface area contributed by atoms with Crippen LogP contribution in [0.1, 0.15) is 43.0 Å². The molecule has 5 heteroatoms. The van der Waals surface area contributed by atoms with E-state index in [0.717, 1.165) is 24.1 Å². The van der Waals surface area contributed by atoms with E-state index in [9.17, 15) is 0 Å². The molecule has 0 fully saturated rings. The van der Waals surface area contributed by atoms with Gasteiger partial charge in [0.05, 0.1) is 11.3 Å². The molecule has 5 nitrogen and oxygen atoms in total. The molecule has 2 aromatic heterocycles. The van der Waals surface area contributed by atoms with Crippen LogP contribution in [0, 0.1) is 11.3 Å². The molecule has 0 radical (unpaired) electrons. The summed E-state index contributed by atoms with van der Waals surface area (Å²) in [5.74, 6) is 1.02. The van der Waals surface area contributed by atoms with Crippen molar-refractivity contribution < 1.29 is 5.11 Å². The monoisotopic (exact) mass is 270 g/mol. The van der Waals surface area contributed by atoms with Gasteiger partial charge in [0.2, 0.25) is 0 Å². The molecular formula is C15H18N4O. The summed E-state index contributed by atoms with van der Waals surface area (Å²) in [6, 6.07) is 5.56. The summed E-state index contributed by atoms with van der Waals surface area (Å²) < 4.78 is 1.74. The van der Waals surface area contributed by atoms with E-state index in [1.54, 1.807) is 23.0 Å². The number of hydrogen-bond donors (Lipinski definition) is 1. The topological polar surface area (TPSA) is 74.7 Å². The van der Waals surface area contributed by atoms with Gasteiger partial charge in [0.25, 0.3) is 0 Å².